The van der Waals surface area contributed by atoms with E-state index >= 15 is 0 Å². The van der Waals surface area contributed by atoms with Crippen molar-refractivity contribution in [3.63, 3.8) is 0 Å². The number of hydrogen-bond donors (Lipinski definition) is 0. The van der Waals surface area contributed by atoms with Gasteiger partial charge in [-0.1, -0.05) is 35.9 Å². The van der Waals surface area contributed by atoms with Crippen LogP contribution in [0.3, 0.4) is 0 Å². The number of hydrogen-bond acceptors (Lipinski definition) is 2. The summed E-state index contributed by atoms with van der Waals surface area (Å²) in [6.07, 6.45) is 3.22. The smallest absolute Gasteiger partial charge is 0.220 e. The minimum absolute atomic E-state index is 0.464. The van der Waals surface area contributed by atoms with Gasteiger partial charge in [-0.3, -0.25) is 4.98 Å². The third-order valence-corrected chi connectivity index (χ3v) is 3.16. The van der Waals surface area contributed by atoms with Crippen LogP contribution in [0.25, 0.3) is 22.4 Å². The van der Waals surface area contributed by atoms with Crippen molar-refractivity contribution in [3.05, 3.63) is 72.4 Å². The molecule has 3 aromatic rings. The highest BCUT2D eigenvalue weighted by molar-refractivity contribution is 5.70. The van der Waals surface area contributed by atoms with E-state index in [4.69, 9.17) is 0 Å². The fourth-order valence-electron chi connectivity index (χ4n) is 2.06. The number of aryl methyl sites for hydroxylation is 1. The number of pyridine rings is 2. The van der Waals surface area contributed by atoms with Crippen molar-refractivity contribution < 1.29 is 4.39 Å². The molecule has 0 bridgehead atoms. The maximum Gasteiger partial charge on any atom is 0.220 e. The Bertz CT molecular complexity index is 722. The molecule has 0 saturated heterocycles. The fraction of sp³-hybridized carbons (Fsp3) is 0.0588. The van der Waals surface area contributed by atoms with Gasteiger partial charge in [0.2, 0.25) is 5.95 Å². The normalized spacial score (nSPS) is 10.5. The number of benzene rings is 1. The van der Waals surface area contributed by atoms with Gasteiger partial charge in [0.05, 0.1) is 5.69 Å². The summed E-state index contributed by atoms with van der Waals surface area (Å²) in [4.78, 5) is 8.11. The van der Waals surface area contributed by atoms with E-state index in [9.17, 15) is 4.39 Å². The lowest BCUT2D eigenvalue weighted by atomic mass is 10.0. The van der Waals surface area contributed by atoms with Gasteiger partial charge < -0.3 is 0 Å². The van der Waals surface area contributed by atoms with Gasteiger partial charge in [0.25, 0.3) is 0 Å². The molecule has 2 nitrogen and oxygen atoms in total. The van der Waals surface area contributed by atoms with Crippen molar-refractivity contribution in [2.24, 2.45) is 0 Å². The zero-order chi connectivity index (χ0) is 13.9. The molecule has 0 fully saturated rings. The van der Waals surface area contributed by atoms with E-state index < -0.39 is 5.95 Å². The van der Waals surface area contributed by atoms with Crippen LogP contribution in [-0.4, -0.2) is 9.97 Å². The largest absolute Gasteiger partial charge is 0.256 e. The summed E-state index contributed by atoms with van der Waals surface area (Å²) in [5.74, 6) is -0.464. The van der Waals surface area contributed by atoms with E-state index in [0.717, 1.165) is 22.4 Å². The third kappa shape index (κ3) is 2.43. The van der Waals surface area contributed by atoms with Gasteiger partial charge in [0.15, 0.2) is 0 Å². The van der Waals surface area contributed by atoms with Gasteiger partial charge >= 0.3 is 0 Å². The molecule has 3 rings (SSSR count). The molecule has 0 aliphatic rings. The highest BCUT2D eigenvalue weighted by Crippen LogP contribution is 2.26. The molecule has 1 aromatic carbocycles. The molecule has 0 radical (unpaired) electrons. The SMILES string of the molecule is Cc1ccc(-c2cc(-c3ccccn3)cnc2F)cc1. The molecule has 0 unspecified atom stereocenters. The second-order valence-corrected chi connectivity index (χ2v) is 4.64. The van der Waals surface area contributed by atoms with Crippen LogP contribution in [-0.2, 0) is 0 Å². The molecule has 20 heavy (non-hydrogen) atoms. The van der Waals surface area contributed by atoms with Crippen molar-refractivity contribution >= 4 is 0 Å². The van der Waals surface area contributed by atoms with Crippen LogP contribution in [0.5, 0.6) is 0 Å². The van der Waals surface area contributed by atoms with E-state index in [-0.39, 0.29) is 0 Å². The maximum atomic E-state index is 13.9. The molecule has 0 N–H and O–H groups in total. The Hall–Kier alpha value is -2.55. The summed E-state index contributed by atoms with van der Waals surface area (Å²) in [6.45, 7) is 2.00. The van der Waals surface area contributed by atoms with Crippen LogP contribution < -0.4 is 0 Å². The van der Waals surface area contributed by atoms with Crippen LogP contribution in [0.15, 0.2) is 60.9 Å². The maximum absolute atomic E-state index is 13.9. The quantitative estimate of drug-likeness (QED) is 0.646. The average Bonchev–Trinajstić information content (AvgIpc) is 2.50. The summed E-state index contributed by atoms with van der Waals surface area (Å²) in [5, 5.41) is 0. The van der Waals surface area contributed by atoms with E-state index in [0.29, 0.717) is 5.56 Å². The van der Waals surface area contributed by atoms with Crippen molar-refractivity contribution in [1.29, 1.82) is 0 Å². The first-order valence-electron chi connectivity index (χ1n) is 6.38. The van der Waals surface area contributed by atoms with Crippen molar-refractivity contribution in [1.82, 2.24) is 9.97 Å². The fourth-order valence-corrected chi connectivity index (χ4v) is 2.06. The zero-order valence-electron chi connectivity index (χ0n) is 11.0. The second-order valence-electron chi connectivity index (χ2n) is 4.64. The molecule has 2 heterocycles. The van der Waals surface area contributed by atoms with Crippen LogP contribution in [0.2, 0.25) is 0 Å². The first kappa shape index (κ1) is 12.5. The van der Waals surface area contributed by atoms with Gasteiger partial charge in [-0.2, -0.15) is 4.39 Å². The first-order valence-corrected chi connectivity index (χ1v) is 6.38. The lowest BCUT2D eigenvalue weighted by Gasteiger charge is -2.06. The van der Waals surface area contributed by atoms with Crippen LogP contribution in [0.1, 0.15) is 5.56 Å². The van der Waals surface area contributed by atoms with Crippen LogP contribution >= 0.6 is 0 Å². The van der Waals surface area contributed by atoms with Gasteiger partial charge in [0.1, 0.15) is 0 Å². The minimum Gasteiger partial charge on any atom is -0.256 e. The Kier molecular flexibility index (Phi) is 3.25. The van der Waals surface area contributed by atoms with Crippen LogP contribution in [0.4, 0.5) is 4.39 Å². The van der Waals surface area contributed by atoms with Crippen molar-refractivity contribution in [3.8, 4) is 22.4 Å². The zero-order valence-corrected chi connectivity index (χ0v) is 11.0. The molecule has 0 aliphatic heterocycles. The lowest BCUT2D eigenvalue weighted by Crippen LogP contribution is -1.92. The predicted molar refractivity (Wildman–Crippen MR) is 77.6 cm³/mol. The Morgan fingerprint density at radius 2 is 1.70 bits per heavy atom. The van der Waals surface area contributed by atoms with Gasteiger partial charge in [-0.25, -0.2) is 4.98 Å². The number of rotatable bonds is 2. The molecule has 0 saturated carbocycles. The molecule has 3 heteroatoms. The second kappa shape index (κ2) is 5.21. The Labute approximate surface area is 117 Å². The monoisotopic (exact) mass is 264 g/mol. The van der Waals surface area contributed by atoms with E-state index in [1.807, 2.05) is 49.4 Å². The standard InChI is InChI=1S/C17H13FN2/c1-12-5-7-13(8-6-12)15-10-14(11-20-17(15)18)16-4-2-3-9-19-16/h2-11H,1H3. The van der Waals surface area contributed by atoms with Gasteiger partial charge in [-0.15, -0.1) is 0 Å². The highest BCUT2D eigenvalue weighted by atomic mass is 19.1. The van der Waals surface area contributed by atoms with Gasteiger partial charge in [0, 0.05) is 23.5 Å². The molecule has 0 spiro atoms. The van der Waals surface area contributed by atoms with E-state index in [2.05, 4.69) is 9.97 Å². The predicted octanol–water partition coefficient (Wildman–Crippen LogP) is 4.26. The summed E-state index contributed by atoms with van der Waals surface area (Å²) < 4.78 is 13.9. The van der Waals surface area contributed by atoms with Crippen molar-refractivity contribution in [2.45, 2.75) is 6.92 Å². The van der Waals surface area contributed by atoms with Gasteiger partial charge in [-0.05, 0) is 30.7 Å². The van der Waals surface area contributed by atoms with Crippen molar-refractivity contribution in [2.75, 3.05) is 0 Å². The topological polar surface area (TPSA) is 25.8 Å². The molecule has 98 valence electrons. The lowest BCUT2D eigenvalue weighted by molar-refractivity contribution is 0.588. The summed E-state index contributed by atoms with van der Waals surface area (Å²) in [6, 6.07) is 15.1. The van der Waals surface area contributed by atoms with E-state index in [1.165, 1.54) is 6.20 Å². The van der Waals surface area contributed by atoms with Crippen LogP contribution in [0, 0.1) is 12.9 Å². The average molecular weight is 264 g/mol. The molecule has 2 aromatic heterocycles. The number of halogens is 1. The Morgan fingerprint density at radius 3 is 2.40 bits per heavy atom. The van der Waals surface area contributed by atoms with E-state index in [1.54, 1.807) is 12.3 Å². The Morgan fingerprint density at radius 1 is 0.900 bits per heavy atom. The molecular weight excluding hydrogens is 251 g/mol. The summed E-state index contributed by atoms with van der Waals surface area (Å²) in [7, 11) is 0. The minimum atomic E-state index is -0.464. The molecule has 0 aliphatic carbocycles. The molecule has 0 amide bonds. The number of nitrogens with zero attached hydrogens (tertiary/aromatic N) is 2. The first-order chi connectivity index (χ1) is 9.74. The Balaban J connectivity index is 2.10. The highest BCUT2D eigenvalue weighted by Gasteiger charge is 2.09. The molecule has 0 atom stereocenters. The number of aromatic nitrogens is 2. The summed E-state index contributed by atoms with van der Waals surface area (Å²) in [5.41, 5.74) is 4.05. The third-order valence-electron chi connectivity index (χ3n) is 3.16. The summed E-state index contributed by atoms with van der Waals surface area (Å²) >= 11 is 0. The molecular formula is C17H13FN2.